The number of nitrogens with zero attached hydrogens (tertiary/aromatic N) is 1. The molecule has 0 atom stereocenters. The summed E-state index contributed by atoms with van der Waals surface area (Å²) in [6.45, 7) is 0.0104. The lowest BCUT2D eigenvalue weighted by molar-refractivity contribution is -0.146. The fourth-order valence-corrected chi connectivity index (χ4v) is 2.34. The molecule has 0 aromatic heterocycles. The SMILES string of the molecule is C#CC1(N(Cc2ccccc2)C(=O)O)CC(F)(F)C1. The standard InChI is InChI=1S/C14H13F2NO2/c1-2-13(9-14(15,16)10-13)17(12(18)19)8-11-6-4-3-5-7-11/h1,3-7H,8-10H2,(H,18,19). The Morgan fingerprint density at radius 2 is 1.95 bits per heavy atom. The fourth-order valence-electron chi connectivity index (χ4n) is 2.34. The van der Waals surface area contributed by atoms with Crippen LogP contribution in [-0.2, 0) is 6.54 Å². The average molecular weight is 265 g/mol. The monoisotopic (exact) mass is 265 g/mol. The lowest BCUT2D eigenvalue weighted by Gasteiger charge is -2.49. The summed E-state index contributed by atoms with van der Waals surface area (Å²) in [5, 5.41) is 9.22. The highest BCUT2D eigenvalue weighted by Crippen LogP contribution is 2.49. The van der Waals surface area contributed by atoms with Gasteiger partial charge in [-0.25, -0.2) is 13.6 Å². The van der Waals surface area contributed by atoms with Crippen molar-refractivity contribution in [2.45, 2.75) is 30.8 Å². The zero-order valence-electron chi connectivity index (χ0n) is 10.1. The molecule has 1 fully saturated rings. The highest BCUT2D eigenvalue weighted by Gasteiger charge is 2.60. The van der Waals surface area contributed by atoms with Crippen LogP contribution in [0.15, 0.2) is 30.3 Å². The Morgan fingerprint density at radius 3 is 2.37 bits per heavy atom. The van der Waals surface area contributed by atoms with Crippen LogP contribution in [0.2, 0.25) is 0 Å². The maximum atomic E-state index is 13.1. The zero-order valence-corrected chi connectivity index (χ0v) is 10.1. The van der Waals surface area contributed by atoms with Crippen molar-refractivity contribution >= 4 is 6.09 Å². The molecule has 1 aromatic rings. The molecule has 0 heterocycles. The molecule has 1 aliphatic rings. The van der Waals surface area contributed by atoms with Gasteiger partial charge in [-0.1, -0.05) is 36.3 Å². The van der Waals surface area contributed by atoms with Gasteiger partial charge in [0.2, 0.25) is 0 Å². The quantitative estimate of drug-likeness (QED) is 0.853. The van der Waals surface area contributed by atoms with E-state index in [1.54, 1.807) is 30.3 Å². The van der Waals surface area contributed by atoms with Gasteiger partial charge in [-0.2, -0.15) is 0 Å². The summed E-state index contributed by atoms with van der Waals surface area (Å²) in [5.74, 6) is -0.641. The maximum Gasteiger partial charge on any atom is 0.408 e. The molecule has 0 spiro atoms. The van der Waals surface area contributed by atoms with Gasteiger partial charge in [0.15, 0.2) is 0 Å². The topological polar surface area (TPSA) is 40.5 Å². The van der Waals surface area contributed by atoms with Gasteiger partial charge >= 0.3 is 6.09 Å². The van der Waals surface area contributed by atoms with E-state index in [4.69, 9.17) is 6.42 Å². The van der Waals surface area contributed by atoms with Crippen LogP contribution in [0.3, 0.4) is 0 Å². The number of halogens is 2. The third-order valence-electron chi connectivity index (χ3n) is 3.30. The number of benzene rings is 1. The predicted octanol–water partition coefficient (Wildman–Crippen LogP) is 2.97. The second kappa shape index (κ2) is 4.54. The molecule has 2 rings (SSSR count). The van der Waals surface area contributed by atoms with E-state index < -0.39 is 30.4 Å². The van der Waals surface area contributed by atoms with E-state index in [9.17, 15) is 18.7 Å². The molecule has 0 aliphatic heterocycles. The summed E-state index contributed by atoms with van der Waals surface area (Å²) < 4.78 is 26.1. The van der Waals surface area contributed by atoms with E-state index in [2.05, 4.69) is 5.92 Å². The van der Waals surface area contributed by atoms with Crippen LogP contribution in [0.25, 0.3) is 0 Å². The Morgan fingerprint density at radius 1 is 1.37 bits per heavy atom. The van der Waals surface area contributed by atoms with Crippen molar-refractivity contribution in [3.63, 3.8) is 0 Å². The van der Waals surface area contributed by atoms with Crippen molar-refractivity contribution in [1.29, 1.82) is 0 Å². The fraction of sp³-hybridized carbons (Fsp3) is 0.357. The first-order valence-electron chi connectivity index (χ1n) is 5.79. The van der Waals surface area contributed by atoms with Crippen LogP contribution in [0.1, 0.15) is 18.4 Å². The second-order valence-corrected chi connectivity index (χ2v) is 4.74. The molecule has 1 saturated carbocycles. The molecule has 1 N–H and O–H groups in total. The minimum atomic E-state index is -2.88. The Hall–Kier alpha value is -2.09. The lowest BCUT2D eigenvalue weighted by atomic mass is 9.72. The van der Waals surface area contributed by atoms with Crippen molar-refractivity contribution in [3.8, 4) is 12.3 Å². The molecule has 100 valence electrons. The molecule has 3 nitrogen and oxygen atoms in total. The van der Waals surface area contributed by atoms with Crippen LogP contribution in [0.4, 0.5) is 13.6 Å². The summed E-state index contributed by atoms with van der Waals surface area (Å²) in [7, 11) is 0. The first kappa shape index (κ1) is 13.3. The third-order valence-corrected chi connectivity index (χ3v) is 3.30. The molecule has 19 heavy (non-hydrogen) atoms. The van der Waals surface area contributed by atoms with Crippen molar-refractivity contribution in [3.05, 3.63) is 35.9 Å². The molecule has 1 aliphatic carbocycles. The molecule has 0 radical (unpaired) electrons. The largest absolute Gasteiger partial charge is 0.465 e. The van der Waals surface area contributed by atoms with Gasteiger partial charge in [-0.3, -0.25) is 4.90 Å². The minimum absolute atomic E-state index is 0.0104. The summed E-state index contributed by atoms with van der Waals surface area (Å²) in [6.07, 6.45) is 2.78. The Bertz CT molecular complexity index is 514. The number of hydrogen-bond donors (Lipinski definition) is 1. The molecular formula is C14H13F2NO2. The number of carboxylic acid groups (broad SMARTS) is 1. The van der Waals surface area contributed by atoms with Gasteiger partial charge in [-0.15, -0.1) is 6.42 Å². The number of amides is 1. The van der Waals surface area contributed by atoms with Crippen molar-refractivity contribution in [2.24, 2.45) is 0 Å². The van der Waals surface area contributed by atoms with Gasteiger partial charge in [0.25, 0.3) is 5.92 Å². The van der Waals surface area contributed by atoms with Crippen LogP contribution in [-0.4, -0.2) is 27.6 Å². The lowest BCUT2D eigenvalue weighted by Crippen LogP contribution is -2.62. The summed E-state index contributed by atoms with van der Waals surface area (Å²) in [4.78, 5) is 12.2. The molecule has 1 amide bonds. The average Bonchev–Trinajstić information content (AvgIpc) is 2.33. The molecule has 1 aromatic carbocycles. The molecule has 0 unspecified atom stereocenters. The van der Waals surface area contributed by atoms with Crippen LogP contribution in [0, 0.1) is 12.3 Å². The van der Waals surface area contributed by atoms with E-state index in [0.29, 0.717) is 0 Å². The van der Waals surface area contributed by atoms with E-state index >= 15 is 0 Å². The first-order chi connectivity index (χ1) is 8.88. The van der Waals surface area contributed by atoms with Crippen LogP contribution < -0.4 is 0 Å². The van der Waals surface area contributed by atoms with Crippen LogP contribution in [0.5, 0.6) is 0 Å². The summed E-state index contributed by atoms with van der Waals surface area (Å²) in [6, 6.07) is 8.78. The third kappa shape index (κ3) is 2.53. The van der Waals surface area contributed by atoms with Gasteiger partial charge in [0.1, 0.15) is 5.54 Å². The summed E-state index contributed by atoms with van der Waals surface area (Å²) >= 11 is 0. The van der Waals surface area contributed by atoms with E-state index in [1.165, 1.54) is 0 Å². The second-order valence-electron chi connectivity index (χ2n) is 4.74. The van der Waals surface area contributed by atoms with E-state index in [0.717, 1.165) is 10.5 Å². The Balaban J connectivity index is 2.22. The minimum Gasteiger partial charge on any atom is -0.465 e. The smallest absolute Gasteiger partial charge is 0.408 e. The highest BCUT2D eigenvalue weighted by molar-refractivity contribution is 5.67. The number of carbonyl (C=O) groups is 1. The molecule has 5 heteroatoms. The molecule has 0 bridgehead atoms. The maximum absolute atomic E-state index is 13.1. The summed E-state index contributed by atoms with van der Waals surface area (Å²) in [5.41, 5.74) is -0.680. The molecular weight excluding hydrogens is 252 g/mol. The number of hydrogen-bond acceptors (Lipinski definition) is 1. The normalized spacial score (nSPS) is 19.0. The Kier molecular flexibility index (Phi) is 3.19. The van der Waals surface area contributed by atoms with Crippen molar-refractivity contribution in [2.75, 3.05) is 0 Å². The number of terminal acetylenes is 1. The first-order valence-corrected chi connectivity index (χ1v) is 5.79. The van der Waals surface area contributed by atoms with Gasteiger partial charge in [-0.05, 0) is 5.56 Å². The Labute approximate surface area is 109 Å². The highest BCUT2D eigenvalue weighted by atomic mass is 19.3. The molecule has 0 saturated heterocycles. The van der Waals surface area contributed by atoms with Gasteiger partial charge in [0, 0.05) is 12.8 Å². The van der Waals surface area contributed by atoms with E-state index in [1.807, 2.05) is 0 Å². The zero-order chi connectivity index (χ0) is 14.1. The van der Waals surface area contributed by atoms with E-state index in [-0.39, 0.29) is 6.54 Å². The van der Waals surface area contributed by atoms with Gasteiger partial charge in [0.05, 0.1) is 6.54 Å². The van der Waals surface area contributed by atoms with Crippen molar-refractivity contribution in [1.82, 2.24) is 4.90 Å². The predicted molar refractivity (Wildman–Crippen MR) is 65.8 cm³/mol. The van der Waals surface area contributed by atoms with Crippen LogP contribution >= 0.6 is 0 Å². The number of rotatable bonds is 3. The number of alkyl halides is 2. The van der Waals surface area contributed by atoms with Crippen molar-refractivity contribution < 1.29 is 18.7 Å². The van der Waals surface area contributed by atoms with Gasteiger partial charge < -0.3 is 5.11 Å².